The molecule has 3 rings (SSSR count). The molecule has 0 bridgehead atoms. The van der Waals surface area contributed by atoms with Crippen LogP contribution in [0.5, 0.6) is 0 Å². The van der Waals surface area contributed by atoms with E-state index in [1.165, 1.54) is 0 Å². The molecular formula is C10H10N4OS. The summed E-state index contributed by atoms with van der Waals surface area (Å²) >= 11 is 1.62. The van der Waals surface area contributed by atoms with Crippen LogP contribution in [0.2, 0.25) is 0 Å². The number of nitrogens with zero attached hydrogens (tertiary/aromatic N) is 4. The van der Waals surface area contributed by atoms with E-state index in [1.807, 2.05) is 30.3 Å². The van der Waals surface area contributed by atoms with E-state index < -0.39 is 0 Å². The largest absolute Gasteiger partial charge is 0.372 e. The van der Waals surface area contributed by atoms with Gasteiger partial charge in [0.25, 0.3) is 0 Å². The molecule has 2 heterocycles. The van der Waals surface area contributed by atoms with Crippen LogP contribution in [0.15, 0.2) is 35.5 Å². The molecule has 1 saturated heterocycles. The van der Waals surface area contributed by atoms with Crippen LogP contribution in [-0.2, 0) is 4.74 Å². The van der Waals surface area contributed by atoms with Crippen molar-refractivity contribution in [2.45, 2.75) is 11.3 Å². The predicted molar refractivity (Wildman–Crippen MR) is 59.6 cm³/mol. The Bertz CT molecular complexity index is 469. The van der Waals surface area contributed by atoms with Crippen molar-refractivity contribution in [2.75, 3.05) is 12.4 Å². The van der Waals surface area contributed by atoms with E-state index in [1.54, 1.807) is 16.4 Å². The quantitative estimate of drug-likeness (QED) is 0.587. The van der Waals surface area contributed by atoms with Crippen molar-refractivity contribution in [2.24, 2.45) is 0 Å². The molecule has 0 spiro atoms. The smallest absolute Gasteiger partial charge is 0.214 e. The molecule has 1 atom stereocenters. The zero-order valence-electron chi connectivity index (χ0n) is 8.48. The van der Waals surface area contributed by atoms with E-state index in [4.69, 9.17) is 4.74 Å². The maximum Gasteiger partial charge on any atom is 0.214 e. The fourth-order valence-corrected chi connectivity index (χ4v) is 2.22. The summed E-state index contributed by atoms with van der Waals surface area (Å²) in [5.41, 5.74) is 0.978. The lowest BCUT2D eigenvalue weighted by Gasteiger charge is -2.02. The van der Waals surface area contributed by atoms with Crippen LogP contribution in [-0.4, -0.2) is 38.7 Å². The average molecular weight is 234 g/mol. The van der Waals surface area contributed by atoms with Gasteiger partial charge in [0, 0.05) is 5.75 Å². The van der Waals surface area contributed by atoms with Crippen molar-refractivity contribution in [3.63, 3.8) is 0 Å². The summed E-state index contributed by atoms with van der Waals surface area (Å²) in [6.45, 7) is 0.861. The van der Waals surface area contributed by atoms with Crippen LogP contribution in [0.4, 0.5) is 0 Å². The number of thioether (sulfide) groups is 1. The molecule has 6 heteroatoms. The second-order valence-electron chi connectivity index (χ2n) is 3.48. The van der Waals surface area contributed by atoms with E-state index in [0.29, 0.717) is 6.10 Å². The molecule has 0 radical (unpaired) electrons. The number of hydrogen-bond acceptors (Lipinski definition) is 5. The van der Waals surface area contributed by atoms with E-state index in [0.717, 1.165) is 23.2 Å². The lowest BCUT2D eigenvalue weighted by atomic mass is 10.3. The fraction of sp³-hybridized carbons (Fsp3) is 0.300. The number of benzene rings is 1. The number of para-hydroxylation sites is 1. The normalized spacial score (nSPS) is 18.6. The summed E-state index contributed by atoms with van der Waals surface area (Å²) in [5, 5.41) is 12.5. The van der Waals surface area contributed by atoms with Crippen molar-refractivity contribution in [1.82, 2.24) is 20.2 Å². The highest BCUT2D eigenvalue weighted by atomic mass is 32.2. The van der Waals surface area contributed by atoms with Gasteiger partial charge in [0.1, 0.15) is 0 Å². The minimum atomic E-state index is 0.380. The number of epoxide rings is 1. The predicted octanol–water partition coefficient (Wildman–Crippen LogP) is 1.15. The summed E-state index contributed by atoms with van der Waals surface area (Å²) < 4.78 is 6.90. The molecule has 0 aliphatic carbocycles. The molecule has 0 N–H and O–H groups in total. The third-order valence-electron chi connectivity index (χ3n) is 2.24. The zero-order valence-corrected chi connectivity index (χ0v) is 9.30. The molecule has 16 heavy (non-hydrogen) atoms. The zero-order chi connectivity index (χ0) is 10.8. The molecule has 1 fully saturated rings. The van der Waals surface area contributed by atoms with Crippen LogP contribution in [0.25, 0.3) is 5.69 Å². The molecule has 1 aliphatic rings. The van der Waals surface area contributed by atoms with Crippen molar-refractivity contribution in [3.8, 4) is 5.69 Å². The topological polar surface area (TPSA) is 56.1 Å². The Kier molecular flexibility index (Phi) is 2.59. The lowest BCUT2D eigenvalue weighted by molar-refractivity contribution is 0.426. The average Bonchev–Trinajstić information content (AvgIpc) is 3.05. The van der Waals surface area contributed by atoms with Gasteiger partial charge in [-0.25, -0.2) is 0 Å². The second kappa shape index (κ2) is 4.23. The summed E-state index contributed by atoms with van der Waals surface area (Å²) in [6, 6.07) is 9.87. The monoisotopic (exact) mass is 234 g/mol. The van der Waals surface area contributed by atoms with Gasteiger partial charge in [0.15, 0.2) is 0 Å². The second-order valence-corrected chi connectivity index (χ2v) is 4.46. The van der Waals surface area contributed by atoms with Crippen LogP contribution < -0.4 is 0 Å². The molecule has 0 amide bonds. The maximum atomic E-state index is 5.15. The maximum absolute atomic E-state index is 5.15. The molecule has 2 aromatic rings. The summed E-state index contributed by atoms with van der Waals surface area (Å²) in [4.78, 5) is 0. The molecular weight excluding hydrogens is 224 g/mol. The summed E-state index contributed by atoms with van der Waals surface area (Å²) in [5.74, 6) is 0.910. The minimum absolute atomic E-state index is 0.380. The Morgan fingerprint density at radius 3 is 2.94 bits per heavy atom. The Balaban J connectivity index is 1.81. The molecule has 1 aromatic carbocycles. The summed E-state index contributed by atoms with van der Waals surface area (Å²) in [7, 11) is 0. The Morgan fingerprint density at radius 2 is 2.19 bits per heavy atom. The van der Waals surface area contributed by atoms with Crippen molar-refractivity contribution in [1.29, 1.82) is 0 Å². The third kappa shape index (κ3) is 2.07. The van der Waals surface area contributed by atoms with Gasteiger partial charge in [0.2, 0.25) is 5.16 Å². The van der Waals surface area contributed by atoms with Crippen LogP contribution in [0.1, 0.15) is 0 Å². The Morgan fingerprint density at radius 1 is 1.38 bits per heavy atom. The van der Waals surface area contributed by atoms with Gasteiger partial charge in [-0.2, -0.15) is 4.68 Å². The van der Waals surface area contributed by atoms with Gasteiger partial charge < -0.3 is 4.74 Å². The first-order valence-electron chi connectivity index (χ1n) is 5.02. The first-order valence-corrected chi connectivity index (χ1v) is 6.00. The van der Waals surface area contributed by atoms with Crippen molar-refractivity contribution in [3.05, 3.63) is 30.3 Å². The molecule has 5 nitrogen and oxygen atoms in total. The van der Waals surface area contributed by atoms with E-state index in [-0.39, 0.29) is 0 Å². The molecule has 1 aliphatic heterocycles. The minimum Gasteiger partial charge on any atom is -0.372 e. The van der Waals surface area contributed by atoms with Crippen LogP contribution >= 0.6 is 11.8 Å². The molecule has 82 valence electrons. The first kappa shape index (κ1) is 9.80. The van der Waals surface area contributed by atoms with Crippen molar-refractivity contribution >= 4 is 11.8 Å². The van der Waals surface area contributed by atoms with Gasteiger partial charge in [-0.1, -0.05) is 30.0 Å². The number of aromatic nitrogens is 4. The van der Waals surface area contributed by atoms with Crippen LogP contribution in [0.3, 0.4) is 0 Å². The van der Waals surface area contributed by atoms with E-state index in [9.17, 15) is 0 Å². The summed E-state index contributed by atoms with van der Waals surface area (Å²) in [6.07, 6.45) is 0.380. The van der Waals surface area contributed by atoms with Crippen LogP contribution in [0, 0.1) is 0 Å². The van der Waals surface area contributed by atoms with Gasteiger partial charge in [0.05, 0.1) is 18.4 Å². The third-order valence-corrected chi connectivity index (χ3v) is 3.29. The SMILES string of the molecule is c1ccc(-n2nnnc2SCC2CO2)cc1. The lowest BCUT2D eigenvalue weighted by Crippen LogP contribution is -2.00. The fourth-order valence-electron chi connectivity index (χ4n) is 1.33. The van der Waals surface area contributed by atoms with E-state index >= 15 is 0 Å². The van der Waals surface area contributed by atoms with Gasteiger partial charge in [-0.15, -0.1) is 5.10 Å². The number of tetrazole rings is 1. The Hall–Kier alpha value is -1.40. The standard InChI is InChI=1S/C10H10N4OS/c1-2-4-8(5-3-1)14-10(11-12-13-14)16-7-9-6-15-9/h1-5,9H,6-7H2. The number of ether oxygens (including phenoxy) is 1. The molecule has 1 aromatic heterocycles. The first-order chi connectivity index (χ1) is 7.93. The highest BCUT2D eigenvalue weighted by Gasteiger charge is 2.23. The van der Waals surface area contributed by atoms with Gasteiger partial charge in [-0.3, -0.25) is 0 Å². The Labute approximate surface area is 96.8 Å². The highest BCUT2D eigenvalue weighted by molar-refractivity contribution is 7.99. The van der Waals surface area contributed by atoms with Gasteiger partial charge in [-0.05, 0) is 22.6 Å². The molecule has 0 saturated carbocycles. The van der Waals surface area contributed by atoms with E-state index in [2.05, 4.69) is 15.5 Å². The number of hydrogen-bond donors (Lipinski definition) is 0. The number of rotatable bonds is 4. The molecule has 1 unspecified atom stereocenters. The van der Waals surface area contributed by atoms with Crippen molar-refractivity contribution < 1.29 is 4.74 Å². The highest BCUT2D eigenvalue weighted by Crippen LogP contribution is 2.23. The van der Waals surface area contributed by atoms with Gasteiger partial charge >= 0.3 is 0 Å².